The van der Waals surface area contributed by atoms with Crippen molar-refractivity contribution in [2.24, 2.45) is 0 Å². The third-order valence-corrected chi connectivity index (χ3v) is 2.78. The summed E-state index contributed by atoms with van der Waals surface area (Å²) in [5.74, 6) is -0.446. The number of halogens is 2. The summed E-state index contributed by atoms with van der Waals surface area (Å²) >= 11 is 5.88. The molecule has 5 heteroatoms. The van der Waals surface area contributed by atoms with Crippen LogP contribution in [0.15, 0.2) is 36.5 Å². The summed E-state index contributed by atoms with van der Waals surface area (Å²) in [6.45, 7) is 5.32. The molecular weight excluding hydrogens is 281 g/mol. The first-order chi connectivity index (χ1) is 9.28. The number of hydrogen-bond acceptors (Lipinski definition) is 2. The first-order valence-corrected chi connectivity index (χ1v) is 6.52. The number of benzene rings is 1. The number of rotatable bonds is 1. The fourth-order valence-electron chi connectivity index (χ4n) is 1.76. The molecule has 20 heavy (non-hydrogen) atoms. The van der Waals surface area contributed by atoms with E-state index in [4.69, 9.17) is 16.3 Å². The number of nitrogens with zero attached hydrogens (tertiary/aromatic N) is 1. The van der Waals surface area contributed by atoms with E-state index in [0.717, 1.165) is 0 Å². The minimum Gasteiger partial charge on any atom is -0.443 e. The van der Waals surface area contributed by atoms with Crippen molar-refractivity contribution in [1.29, 1.82) is 0 Å². The normalized spacial score (nSPS) is 11.4. The minimum atomic E-state index is -0.620. The molecule has 0 fully saturated rings. The number of aromatic nitrogens is 1. The largest absolute Gasteiger partial charge is 0.443 e. The van der Waals surface area contributed by atoms with E-state index in [1.54, 1.807) is 32.9 Å². The first-order valence-electron chi connectivity index (χ1n) is 6.14. The zero-order chi connectivity index (χ0) is 14.9. The molecule has 2 aromatic rings. The lowest BCUT2D eigenvalue weighted by atomic mass is 10.1. The number of carbonyl (C=O) groups excluding carboxylic acids is 1. The summed E-state index contributed by atoms with van der Waals surface area (Å²) < 4.78 is 20.4. The van der Waals surface area contributed by atoms with Crippen molar-refractivity contribution in [3.05, 3.63) is 47.4 Å². The molecule has 1 aromatic carbocycles. The van der Waals surface area contributed by atoms with E-state index in [9.17, 15) is 9.18 Å². The van der Waals surface area contributed by atoms with Crippen molar-refractivity contribution in [3.63, 3.8) is 0 Å². The van der Waals surface area contributed by atoms with Crippen LogP contribution < -0.4 is 0 Å². The number of ether oxygens (including phenoxy) is 1. The Morgan fingerprint density at radius 3 is 2.65 bits per heavy atom. The Balaban J connectivity index is 2.43. The van der Waals surface area contributed by atoms with Gasteiger partial charge in [0.2, 0.25) is 0 Å². The van der Waals surface area contributed by atoms with Crippen LogP contribution in [-0.2, 0) is 4.74 Å². The number of hydrogen-bond donors (Lipinski definition) is 0. The van der Waals surface area contributed by atoms with Gasteiger partial charge >= 0.3 is 6.09 Å². The van der Waals surface area contributed by atoms with Gasteiger partial charge in [-0.05, 0) is 51.1 Å². The predicted molar refractivity (Wildman–Crippen MR) is 76.5 cm³/mol. The highest BCUT2D eigenvalue weighted by Gasteiger charge is 2.20. The third kappa shape index (κ3) is 3.20. The lowest BCUT2D eigenvalue weighted by Gasteiger charge is -2.20. The molecule has 0 amide bonds. The summed E-state index contributed by atoms with van der Waals surface area (Å²) in [6, 6.07) is 7.50. The zero-order valence-electron chi connectivity index (χ0n) is 11.5. The monoisotopic (exact) mass is 295 g/mol. The van der Waals surface area contributed by atoms with Gasteiger partial charge in [-0.25, -0.2) is 9.18 Å². The van der Waals surface area contributed by atoms with E-state index >= 15 is 0 Å². The first kappa shape index (κ1) is 14.6. The van der Waals surface area contributed by atoms with E-state index in [2.05, 4.69) is 0 Å². The fourth-order valence-corrected chi connectivity index (χ4v) is 1.94. The van der Waals surface area contributed by atoms with Crippen LogP contribution in [-0.4, -0.2) is 16.3 Å². The van der Waals surface area contributed by atoms with E-state index in [1.165, 1.54) is 29.0 Å². The average molecular weight is 296 g/mol. The smallest absolute Gasteiger partial charge is 0.418 e. The summed E-state index contributed by atoms with van der Waals surface area (Å²) in [4.78, 5) is 12.1. The van der Waals surface area contributed by atoms with Crippen molar-refractivity contribution in [2.45, 2.75) is 26.4 Å². The lowest BCUT2D eigenvalue weighted by molar-refractivity contribution is 0.0540. The Labute approximate surface area is 121 Å². The van der Waals surface area contributed by atoms with E-state index < -0.39 is 17.5 Å². The Bertz CT molecular complexity index is 644. The second kappa shape index (κ2) is 5.29. The molecule has 0 bridgehead atoms. The van der Waals surface area contributed by atoms with Gasteiger partial charge in [0.05, 0.1) is 5.69 Å². The highest BCUT2D eigenvalue weighted by Crippen LogP contribution is 2.27. The maximum atomic E-state index is 13.9. The second-order valence-corrected chi connectivity index (χ2v) is 5.80. The Kier molecular flexibility index (Phi) is 3.86. The average Bonchev–Trinajstić information content (AvgIpc) is 2.79. The molecule has 0 aliphatic rings. The van der Waals surface area contributed by atoms with Crippen LogP contribution in [0.3, 0.4) is 0 Å². The second-order valence-electron chi connectivity index (χ2n) is 5.37. The topological polar surface area (TPSA) is 31.2 Å². The van der Waals surface area contributed by atoms with Crippen LogP contribution in [0.2, 0.25) is 5.02 Å². The van der Waals surface area contributed by atoms with Gasteiger partial charge < -0.3 is 4.74 Å². The molecule has 0 spiro atoms. The van der Waals surface area contributed by atoms with Crippen molar-refractivity contribution < 1.29 is 13.9 Å². The van der Waals surface area contributed by atoms with Gasteiger partial charge in [0.25, 0.3) is 0 Å². The molecule has 0 saturated heterocycles. The quantitative estimate of drug-likeness (QED) is 0.761. The molecule has 1 aromatic heterocycles. The molecule has 0 aliphatic heterocycles. The van der Waals surface area contributed by atoms with Gasteiger partial charge in [-0.1, -0.05) is 11.6 Å². The van der Waals surface area contributed by atoms with Crippen LogP contribution in [0.4, 0.5) is 9.18 Å². The van der Waals surface area contributed by atoms with Crippen LogP contribution >= 0.6 is 11.6 Å². The highest BCUT2D eigenvalue weighted by atomic mass is 35.5. The van der Waals surface area contributed by atoms with E-state index in [1.807, 2.05) is 0 Å². The maximum absolute atomic E-state index is 13.9. The van der Waals surface area contributed by atoms with Crippen molar-refractivity contribution in [2.75, 3.05) is 0 Å². The molecule has 0 saturated carbocycles. The molecule has 106 valence electrons. The van der Waals surface area contributed by atoms with Crippen molar-refractivity contribution in [1.82, 2.24) is 4.57 Å². The molecule has 1 heterocycles. The number of carbonyl (C=O) groups is 1. The zero-order valence-corrected chi connectivity index (χ0v) is 12.2. The Morgan fingerprint density at radius 2 is 2.00 bits per heavy atom. The lowest BCUT2D eigenvalue weighted by Crippen LogP contribution is -2.27. The summed E-state index contributed by atoms with van der Waals surface area (Å²) in [5, 5.41) is 0.401. The Hall–Kier alpha value is -1.81. The maximum Gasteiger partial charge on any atom is 0.418 e. The summed E-state index contributed by atoms with van der Waals surface area (Å²) in [6.07, 6.45) is 0.973. The van der Waals surface area contributed by atoms with Gasteiger partial charge in [-0.3, -0.25) is 4.57 Å². The summed E-state index contributed by atoms with van der Waals surface area (Å²) in [7, 11) is 0. The highest BCUT2D eigenvalue weighted by molar-refractivity contribution is 6.30. The van der Waals surface area contributed by atoms with Gasteiger partial charge in [-0.15, -0.1) is 0 Å². The van der Waals surface area contributed by atoms with Gasteiger partial charge in [0.1, 0.15) is 11.4 Å². The molecule has 0 radical (unpaired) electrons. The SMILES string of the molecule is CC(C)(C)OC(=O)n1cccc1-c1cc(Cl)ccc1F. The van der Waals surface area contributed by atoms with Crippen LogP contribution in [0.5, 0.6) is 0 Å². The molecule has 0 aliphatic carbocycles. The van der Waals surface area contributed by atoms with Gasteiger partial charge in [0.15, 0.2) is 0 Å². The van der Waals surface area contributed by atoms with Crippen LogP contribution in [0.25, 0.3) is 11.3 Å². The minimum absolute atomic E-state index is 0.258. The standard InChI is InChI=1S/C15H15ClFNO2/c1-15(2,3)20-14(19)18-8-4-5-13(18)11-9-10(16)6-7-12(11)17/h4-9H,1-3H3. The van der Waals surface area contributed by atoms with E-state index in [-0.39, 0.29) is 5.56 Å². The predicted octanol–water partition coefficient (Wildman–Crippen LogP) is 4.73. The van der Waals surface area contributed by atoms with E-state index in [0.29, 0.717) is 10.7 Å². The van der Waals surface area contributed by atoms with Gasteiger partial charge in [0, 0.05) is 16.8 Å². The molecule has 0 atom stereocenters. The molecule has 3 nitrogen and oxygen atoms in total. The molecule has 0 N–H and O–H groups in total. The molecule has 2 rings (SSSR count). The molecular formula is C15H15ClFNO2. The Morgan fingerprint density at radius 1 is 1.30 bits per heavy atom. The van der Waals surface area contributed by atoms with Gasteiger partial charge in [-0.2, -0.15) is 0 Å². The van der Waals surface area contributed by atoms with Crippen LogP contribution in [0, 0.1) is 5.82 Å². The van der Waals surface area contributed by atoms with Crippen molar-refractivity contribution >= 4 is 17.7 Å². The van der Waals surface area contributed by atoms with Crippen LogP contribution in [0.1, 0.15) is 20.8 Å². The third-order valence-electron chi connectivity index (χ3n) is 2.54. The van der Waals surface area contributed by atoms with Crippen molar-refractivity contribution in [3.8, 4) is 11.3 Å². The molecule has 0 unspecified atom stereocenters. The summed E-state index contributed by atoms with van der Waals surface area (Å²) in [5.41, 5.74) is 0.0403. The fraction of sp³-hybridized carbons (Fsp3) is 0.267.